The van der Waals surface area contributed by atoms with E-state index >= 15 is 0 Å². The quantitative estimate of drug-likeness (QED) is 0.670. The molecule has 0 heterocycles. The minimum Gasteiger partial charge on any atom is -0.402 e. The van der Waals surface area contributed by atoms with Crippen LogP contribution in [0.15, 0.2) is 47.2 Å². The van der Waals surface area contributed by atoms with E-state index < -0.39 is 0 Å². The zero-order valence-corrected chi connectivity index (χ0v) is 8.66. The highest BCUT2D eigenvalue weighted by Crippen LogP contribution is 2.31. The molecule has 0 saturated carbocycles. The van der Waals surface area contributed by atoms with Gasteiger partial charge in [0.1, 0.15) is 0 Å². The maximum atomic E-state index is 5.99. The predicted octanol–water partition coefficient (Wildman–Crippen LogP) is 3.07. The Morgan fingerprint density at radius 2 is 2.07 bits per heavy atom. The van der Waals surface area contributed by atoms with Crippen molar-refractivity contribution in [3.05, 3.63) is 47.2 Å². The van der Waals surface area contributed by atoms with Gasteiger partial charge in [0.05, 0.1) is 0 Å². The molecule has 0 saturated heterocycles. The number of nitrogens with two attached hydrogens (primary N) is 1. The summed E-state index contributed by atoms with van der Waals surface area (Å²) in [4.78, 5) is 0. The van der Waals surface area contributed by atoms with Crippen molar-refractivity contribution in [3.63, 3.8) is 0 Å². The maximum Gasteiger partial charge on any atom is 0.0232 e. The molecule has 0 aliphatic heterocycles. The van der Waals surface area contributed by atoms with Gasteiger partial charge in [-0.1, -0.05) is 35.5 Å². The van der Waals surface area contributed by atoms with Crippen molar-refractivity contribution in [2.75, 3.05) is 0 Å². The SMILES string of the molecule is CC1=CC=C(C2CC=CC=C2N)CC1. The average Bonchev–Trinajstić information content (AvgIpc) is 2.20. The fourth-order valence-electron chi connectivity index (χ4n) is 2.06. The van der Waals surface area contributed by atoms with Gasteiger partial charge in [-0.25, -0.2) is 0 Å². The van der Waals surface area contributed by atoms with Crippen LogP contribution in [0.2, 0.25) is 0 Å². The van der Waals surface area contributed by atoms with Crippen LogP contribution >= 0.6 is 0 Å². The maximum absolute atomic E-state index is 5.99. The summed E-state index contributed by atoms with van der Waals surface area (Å²) in [6.07, 6.45) is 14.2. The first-order valence-electron chi connectivity index (χ1n) is 5.26. The molecule has 0 radical (unpaired) electrons. The largest absolute Gasteiger partial charge is 0.402 e. The molecule has 0 bridgehead atoms. The van der Waals surface area contributed by atoms with Crippen molar-refractivity contribution in [2.24, 2.45) is 11.7 Å². The molecule has 14 heavy (non-hydrogen) atoms. The molecule has 2 rings (SSSR count). The van der Waals surface area contributed by atoms with Gasteiger partial charge in [0.2, 0.25) is 0 Å². The summed E-state index contributed by atoms with van der Waals surface area (Å²) < 4.78 is 0. The van der Waals surface area contributed by atoms with Crippen LogP contribution in [0.5, 0.6) is 0 Å². The molecular weight excluding hydrogens is 170 g/mol. The molecule has 2 N–H and O–H groups in total. The molecule has 2 aliphatic carbocycles. The van der Waals surface area contributed by atoms with Crippen LogP contribution in [0.25, 0.3) is 0 Å². The van der Waals surface area contributed by atoms with Crippen molar-refractivity contribution < 1.29 is 0 Å². The van der Waals surface area contributed by atoms with Gasteiger partial charge in [-0.3, -0.25) is 0 Å². The molecule has 0 aromatic carbocycles. The van der Waals surface area contributed by atoms with E-state index in [2.05, 4.69) is 31.2 Å². The van der Waals surface area contributed by atoms with Gasteiger partial charge < -0.3 is 5.73 Å². The van der Waals surface area contributed by atoms with Crippen molar-refractivity contribution in [3.8, 4) is 0 Å². The van der Waals surface area contributed by atoms with Gasteiger partial charge in [0.25, 0.3) is 0 Å². The first-order chi connectivity index (χ1) is 6.77. The Bertz CT molecular complexity index is 342. The number of rotatable bonds is 1. The van der Waals surface area contributed by atoms with E-state index in [9.17, 15) is 0 Å². The van der Waals surface area contributed by atoms with Crippen LogP contribution in [0.1, 0.15) is 26.2 Å². The van der Waals surface area contributed by atoms with E-state index in [-0.39, 0.29) is 0 Å². The molecular formula is C13H17N. The third-order valence-electron chi connectivity index (χ3n) is 3.04. The zero-order chi connectivity index (χ0) is 9.97. The molecule has 0 aromatic heterocycles. The minimum atomic E-state index is 0.462. The first-order valence-corrected chi connectivity index (χ1v) is 5.26. The summed E-state index contributed by atoms with van der Waals surface area (Å²) in [5.41, 5.74) is 9.98. The van der Waals surface area contributed by atoms with E-state index in [1.54, 1.807) is 0 Å². The van der Waals surface area contributed by atoms with Crippen molar-refractivity contribution in [2.45, 2.75) is 26.2 Å². The highest BCUT2D eigenvalue weighted by atomic mass is 14.6. The van der Waals surface area contributed by atoms with Crippen molar-refractivity contribution >= 4 is 0 Å². The molecule has 0 amide bonds. The molecule has 1 atom stereocenters. The highest BCUT2D eigenvalue weighted by Gasteiger charge is 2.18. The molecule has 2 aliphatic rings. The van der Waals surface area contributed by atoms with E-state index in [1.807, 2.05) is 6.08 Å². The Hall–Kier alpha value is -1.24. The van der Waals surface area contributed by atoms with Gasteiger partial charge in [0.15, 0.2) is 0 Å². The summed E-state index contributed by atoms with van der Waals surface area (Å²) in [5.74, 6) is 0.462. The van der Waals surface area contributed by atoms with Gasteiger partial charge in [0, 0.05) is 11.6 Å². The third-order valence-corrected chi connectivity index (χ3v) is 3.04. The Kier molecular flexibility index (Phi) is 2.58. The van der Waals surface area contributed by atoms with Crippen molar-refractivity contribution in [1.29, 1.82) is 0 Å². The smallest absolute Gasteiger partial charge is 0.0232 e. The molecule has 0 spiro atoms. The molecule has 1 unspecified atom stereocenters. The fraction of sp³-hybridized carbons (Fsp3) is 0.385. The van der Waals surface area contributed by atoms with Gasteiger partial charge in [-0.15, -0.1) is 0 Å². The Morgan fingerprint density at radius 1 is 1.21 bits per heavy atom. The summed E-state index contributed by atoms with van der Waals surface area (Å²) in [6.45, 7) is 2.19. The molecule has 74 valence electrons. The van der Waals surface area contributed by atoms with Crippen LogP contribution in [0.4, 0.5) is 0 Å². The van der Waals surface area contributed by atoms with Gasteiger partial charge in [-0.2, -0.15) is 0 Å². The first kappa shape index (κ1) is 9.32. The molecule has 1 heteroatoms. The summed E-state index contributed by atoms with van der Waals surface area (Å²) in [7, 11) is 0. The van der Waals surface area contributed by atoms with Crippen LogP contribution in [-0.4, -0.2) is 0 Å². The Morgan fingerprint density at radius 3 is 2.71 bits per heavy atom. The lowest BCUT2D eigenvalue weighted by atomic mass is 9.84. The Balaban J connectivity index is 2.17. The number of hydrogen-bond donors (Lipinski definition) is 1. The highest BCUT2D eigenvalue weighted by molar-refractivity contribution is 5.32. The van der Waals surface area contributed by atoms with Crippen LogP contribution < -0.4 is 5.73 Å². The standard InChI is InChI=1S/C13H17N/c1-10-6-8-11(9-7-10)12-4-2-3-5-13(12)14/h2-3,5-6,8,12H,4,7,9,14H2,1H3. The lowest BCUT2D eigenvalue weighted by molar-refractivity contribution is 0.659. The lowest BCUT2D eigenvalue weighted by Gasteiger charge is -2.23. The molecule has 1 nitrogen and oxygen atoms in total. The minimum absolute atomic E-state index is 0.462. The predicted molar refractivity (Wildman–Crippen MR) is 60.6 cm³/mol. The average molecular weight is 187 g/mol. The van der Waals surface area contributed by atoms with Crippen LogP contribution in [-0.2, 0) is 0 Å². The number of allylic oxidation sites excluding steroid dienone is 7. The summed E-state index contributed by atoms with van der Waals surface area (Å²) >= 11 is 0. The summed E-state index contributed by atoms with van der Waals surface area (Å²) in [6, 6.07) is 0. The van der Waals surface area contributed by atoms with Gasteiger partial charge in [-0.05, 0) is 32.3 Å². The topological polar surface area (TPSA) is 26.0 Å². The molecule has 0 fully saturated rings. The second kappa shape index (κ2) is 3.87. The monoisotopic (exact) mass is 187 g/mol. The molecule has 0 aromatic rings. The normalized spacial score (nSPS) is 26.6. The Labute approximate surface area is 85.7 Å². The van der Waals surface area contributed by atoms with E-state index in [1.165, 1.54) is 24.0 Å². The van der Waals surface area contributed by atoms with Crippen LogP contribution in [0.3, 0.4) is 0 Å². The van der Waals surface area contributed by atoms with E-state index in [0.717, 1.165) is 12.1 Å². The summed E-state index contributed by atoms with van der Waals surface area (Å²) in [5, 5.41) is 0. The van der Waals surface area contributed by atoms with Crippen molar-refractivity contribution in [1.82, 2.24) is 0 Å². The third kappa shape index (κ3) is 1.82. The second-order valence-corrected chi connectivity index (χ2v) is 4.14. The zero-order valence-electron chi connectivity index (χ0n) is 8.66. The lowest BCUT2D eigenvalue weighted by Crippen LogP contribution is -2.16. The number of hydrogen-bond acceptors (Lipinski definition) is 1. The van der Waals surface area contributed by atoms with E-state index in [0.29, 0.717) is 5.92 Å². The fourth-order valence-corrected chi connectivity index (χ4v) is 2.06. The second-order valence-electron chi connectivity index (χ2n) is 4.14. The van der Waals surface area contributed by atoms with E-state index in [4.69, 9.17) is 5.73 Å². The van der Waals surface area contributed by atoms with Crippen LogP contribution in [0, 0.1) is 5.92 Å². The van der Waals surface area contributed by atoms with Gasteiger partial charge >= 0.3 is 0 Å².